The second kappa shape index (κ2) is 26.7. The Morgan fingerprint density at radius 1 is 0.606 bits per heavy atom. The fourth-order valence-corrected chi connectivity index (χ4v) is 8.66. The summed E-state index contributed by atoms with van der Waals surface area (Å²) in [5.74, 6) is -1.58. The molecular formula is C53H54N2O9S2. The van der Waals surface area contributed by atoms with Crippen molar-refractivity contribution in [2.24, 2.45) is 0 Å². The molecule has 1 amide bonds. The third kappa shape index (κ3) is 15.5. The minimum Gasteiger partial charge on any atom is -0.465 e. The van der Waals surface area contributed by atoms with Crippen LogP contribution in [0.15, 0.2) is 180 Å². The third-order valence-electron chi connectivity index (χ3n) is 9.97. The summed E-state index contributed by atoms with van der Waals surface area (Å²) in [5, 5.41) is 0.181. The lowest BCUT2D eigenvalue weighted by Crippen LogP contribution is -2.33. The average molecular weight is 927 g/mol. The van der Waals surface area contributed by atoms with E-state index in [1.807, 2.05) is 122 Å². The van der Waals surface area contributed by atoms with Crippen molar-refractivity contribution >= 4 is 47.3 Å². The van der Waals surface area contributed by atoms with Crippen LogP contribution in [0.5, 0.6) is 0 Å². The second-order valence-electron chi connectivity index (χ2n) is 14.8. The fourth-order valence-electron chi connectivity index (χ4n) is 6.61. The van der Waals surface area contributed by atoms with E-state index in [4.69, 9.17) is 23.9 Å². The monoisotopic (exact) mass is 926 g/mol. The Morgan fingerprint density at radius 2 is 1.08 bits per heavy atom. The molecule has 0 bridgehead atoms. The molecule has 7 rings (SSSR count). The largest absolute Gasteiger partial charge is 0.465 e. The van der Waals surface area contributed by atoms with E-state index in [2.05, 4.69) is 5.48 Å². The fraction of sp³-hybridized carbons (Fsp3) is 0.245. The lowest BCUT2D eigenvalue weighted by molar-refractivity contribution is -0.198. The van der Waals surface area contributed by atoms with Crippen molar-refractivity contribution < 1.29 is 43.1 Å². The summed E-state index contributed by atoms with van der Waals surface area (Å²) in [6, 6.07) is 51.9. The minimum atomic E-state index is -0.623. The smallest absolute Gasteiger partial charge is 0.363 e. The molecule has 3 atom stereocenters. The molecule has 1 aliphatic heterocycles. The van der Waals surface area contributed by atoms with Gasteiger partial charge in [0.15, 0.2) is 6.29 Å². The van der Waals surface area contributed by atoms with Crippen LogP contribution in [0.2, 0.25) is 0 Å². The van der Waals surface area contributed by atoms with Gasteiger partial charge in [0.2, 0.25) is 0 Å². The van der Waals surface area contributed by atoms with Gasteiger partial charge in [-0.2, -0.15) is 10.5 Å². The summed E-state index contributed by atoms with van der Waals surface area (Å²) < 4.78 is 16.1. The molecule has 0 spiro atoms. The first-order chi connectivity index (χ1) is 32.3. The number of thioether (sulfide) groups is 2. The van der Waals surface area contributed by atoms with E-state index in [-0.39, 0.29) is 30.0 Å². The van der Waals surface area contributed by atoms with Gasteiger partial charge in [-0.3, -0.25) is 19.2 Å². The van der Waals surface area contributed by atoms with Crippen LogP contribution in [0.4, 0.5) is 0 Å². The van der Waals surface area contributed by atoms with Gasteiger partial charge in [-0.1, -0.05) is 121 Å². The molecule has 66 heavy (non-hydrogen) atoms. The maximum absolute atomic E-state index is 13.2. The predicted molar refractivity (Wildman–Crippen MR) is 256 cm³/mol. The van der Waals surface area contributed by atoms with Crippen LogP contribution in [0, 0.1) is 0 Å². The van der Waals surface area contributed by atoms with E-state index in [1.54, 1.807) is 61.5 Å². The molecule has 342 valence electrons. The van der Waals surface area contributed by atoms with Crippen LogP contribution in [-0.2, 0) is 46.6 Å². The number of esters is 2. The molecule has 0 saturated carbocycles. The van der Waals surface area contributed by atoms with Gasteiger partial charge in [-0.05, 0) is 97.5 Å². The van der Waals surface area contributed by atoms with Gasteiger partial charge in [0.05, 0.1) is 25.3 Å². The summed E-state index contributed by atoms with van der Waals surface area (Å²) >= 11 is 2.89. The SMILES string of the molecule is CCOC(=O)C(Sc1ccc(CN(OC(=O)c2ccccc2)C(=O)c2ccccc2)cc1)c1ccccc1.CCOC(=O)C(Sc1ccc(CNOC2CCCCO2)cc1)c1ccccc1. The van der Waals surface area contributed by atoms with Gasteiger partial charge in [0, 0.05) is 34.9 Å². The summed E-state index contributed by atoms with van der Waals surface area (Å²) in [6.07, 6.45) is 3.02. The number of nitrogens with zero attached hydrogens (tertiary/aromatic N) is 1. The van der Waals surface area contributed by atoms with Crippen molar-refractivity contribution in [1.82, 2.24) is 10.5 Å². The van der Waals surface area contributed by atoms with E-state index in [1.165, 1.54) is 23.5 Å². The summed E-state index contributed by atoms with van der Waals surface area (Å²) in [7, 11) is 0. The van der Waals surface area contributed by atoms with E-state index in [0.717, 1.165) is 63.0 Å². The summed E-state index contributed by atoms with van der Waals surface area (Å²) in [4.78, 5) is 64.0. The Bertz CT molecular complexity index is 2390. The van der Waals surface area contributed by atoms with Crippen molar-refractivity contribution in [3.05, 3.63) is 203 Å². The molecule has 1 aliphatic rings. The van der Waals surface area contributed by atoms with Crippen LogP contribution in [0.25, 0.3) is 0 Å². The highest BCUT2D eigenvalue weighted by Crippen LogP contribution is 2.38. The zero-order valence-electron chi connectivity index (χ0n) is 37.0. The van der Waals surface area contributed by atoms with Crippen LogP contribution in [0.3, 0.4) is 0 Å². The van der Waals surface area contributed by atoms with E-state index < -0.39 is 17.1 Å². The highest BCUT2D eigenvalue weighted by molar-refractivity contribution is 8.00. The Balaban J connectivity index is 0.000000229. The van der Waals surface area contributed by atoms with Gasteiger partial charge >= 0.3 is 17.9 Å². The number of rotatable bonds is 18. The van der Waals surface area contributed by atoms with Crippen molar-refractivity contribution in [1.29, 1.82) is 0 Å². The minimum absolute atomic E-state index is 0.0528. The van der Waals surface area contributed by atoms with Crippen LogP contribution in [-0.4, -0.2) is 55.0 Å². The highest BCUT2D eigenvalue weighted by atomic mass is 32.2. The van der Waals surface area contributed by atoms with Gasteiger partial charge < -0.3 is 19.0 Å². The number of carbonyl (C=O) groups is 4. The van der Waals surface area contributed by atoms with Gasteiger partial charge in [-0.25, -0.2) is 4.79 Å². The molecule has 11 nitrogen and oxygen atoms in total. The molecule has 1 fully saturated rings. The molecule has 6 aromatic rings. The lowest BCUT2D eigenvalue weighted by atomic mass is 10.1. The number of hydroxylamine groups is 3. The van der Waals surface area contributed by atoms with Gasteiger partial charge in [0.1, 0.15) is 10.5 Å². The molecule has 13 heteroatoms. The van der Waals surface area contributed by atoms with Crippen LogP contribution >= 0.6 is 23.5 Å². The number of hydrogen-bond acceptors (Lipinski definition) is 12. The normalized spacial score (nSPS) is 14.1. The molecule has 6 aromatic carbocycles. The Morgan fingerprint density at radius 3 is 1.55 bits per heavy atom. The number of nitrogens with one attached hydrogen (secondary N) is 1. The van der Waals surface area contributed by atoms with E-state index in [0.29, 0.717) is 30.9 Å². The van der Waals surface area contributed by atoms with E-state index >= 15 is 0 Å². The molecule has 1 N–H and O–H groups in total. The van der Waals surface area contributed by atoms with Crippen LogP contribution < -0.4 is 5.48 Å². The molecule has 3 unspecified atom stereocenters. The maximum atomic E-state index is 13.2. The second-order valence-corrected chi connectivity index (χ2v) is 17.2. The first kappa shape index (κ1) is 49.2. The topological polar surface area (TPSA) is 130 Å². The lowest BCUT2D eigenvalue weighted by Gasteiger charge is -2.22. The van der Waals surface area contributed by atoms with Crippen molar-refractivity contribution in [2.75, 3.05) is 19.8 Å². The Labute approximate surface area is 395 Å². The zero-order valence-corrected chi connectivity index (χ0v) is 38.6. The Hall–Kier alpha value is -6.22. The number of amides is 1. The van der Waals surface area contributed by atoms with Gasteiger partial charge in [-0.15, -0.1) is 23.5 Å². The van der Waals surface area contributed by atoms with Crippen molar-refractivity contribution in [3.63, 3.8) is 0 Å². The highest BCUT2D eigenvalue weighted by Gasteiger charge is 2.26. The zero-order chi connectivity index (χ0) is 46.4. The van der Waals surface area contributed by atoms with Crippen molar-refractivity contribution in [3.8, 4) is 0 Å². The molecule has 0 radical (unpaired) electrons. The molecule has 1 heterocycles. The van der Waals surface area contributed by atoms with Crippen LogP contribution in [0.1, 0.15) is 86.6 Å². The first-order valence-electron chi connectivity index (χ1n) is 21.9. The number of ether oxygens (including phenoxy) is 3. The standard InChI is InChI=1S/C31H27NO5S.C22H27NO4S/c1-2-36-31(35)28(24-12-6-3-7-13-24)38-27-20-18-23(19-21-27)22-32(29(33)25-14-8-4-9-15-25)37-30(34)26-16-10-5-11-17-26;1-2-25-22(24)21(18-8-4-3-5-9-18)28-19-13-11-17(12-14-19)16-23-27-20-10-6-7-15-26-20/h3-21,28H,2,22H2,1H3;3-5,8-9,11-14,20-21,23H,2,6-7,10,15-16H2,1H3. The average Bonchev–Trinajstić information content (AvgIpc) is 3.37. The summed E-state index contributed by atoms with van der Waals surface area (Å²) in [6.45, 7) is 5.70. The number of benzene rings is 6. The molecule has 1 saturated heterocycles. The van der Waals surface area contributed by atoms with Crippen molar-refractivity contribution in [2.45, 2.75) is 72.8 Å². The quantitative estimate of drug-likeness (QED) is 0.0500. The summed E-state index contributed by atoms with van der Waals surface area (Å²) in [5.41, 5.74) is 7.39. The molecule has 0 aromatic heterocycles. The first-order valence-corrected chi connectivity index (χ1v) is 23.7. The van der Waals surface area contributed by atoms with E-state index in [9.17, 15) is 19.2 Å². The third-order valence-corrected chi connectivity index (χ3v) is 12.5. The predicted octanol–water partition coefficient (Wildman–Crippen LogP) is 11.1. The maximum Gasteiger partial charge on any atom is 0.363 e. The number of hydrogen-bond donors (Lipinski definition) is 1. The molecule has 0 aliphatic carbocycles. The van der Waals surface area contributed by atoms with Gasteiger partial charge in [0.25, 0.3) is 5.91 Å². The number of carbonyl (C=O) groups excluding carboxylic acids is 4. The Kier molecular flexibility index (Phi) is 19.9. The molecular weight excluding hydrogens is 873 g/mol.